The minimum Gasteiger partial charge on any atom is -0.481 e. The maximum atomic E-state index is 13.3. The molecule has 2 heterocycles. The monoisotopic (exact) mass is 659 g/mol. The summed E-state index contributed by atoms with van der Waals surface area (Å²) >= 11 is 0. The van der Waals surface area contributed by atoms with E-state index in [0.29, 0.717) is 11.8 Å². The van der Waals surface area contributed by atoms with Gasteiger partial charge in [-0.1, -0.05) is 67.8 Å². The highest BCUT2D eigenvalue weighted by atomic mass is 19.4. The van der Waals surface area contributed by atoms with E-state index in [1.807, 2.05) is 67.3 Å². The number of carbonyl (C=O) groups excluding carboxylic acids is 2. The van der Waals surface area contributed by atoms with E-state index in [0.717, 1.165) is 93.5 Å². The number of halogens is 3. The average Bonchev–Trinajstić information content (AvgIpc) is 3.59. The van der Waals surface area contributed by atoms with Gasteiger partial charge >= 0.3 is 18.1 Å². The fourth-order valence-electron chi connectivity index (χ4n) is 7.32. The van der Waals surface area contributed by atoms with E-state index >= 15 is 0 Å². The smallest absolute Gasteiger partial charge is 0.481 e. The molecule has 1 saturated carbocycles. The van der Waals surface area contributed by atoms with Crippen LogP contribution in [0.5, 0.6) is 0 Å². The van der Waals surface area contributed by atoms with Crippen molar-refractivity contribution < 1.29 is 42.6 Å². The summed E-state index contributed by atoms with van der Waals surface area (Å²) in [5, 5.41) is 20.2. The summed E-state index contributed by atoms with van der Waals surface area (Å²) in [6.45, 7) is 8.29. The summed E-state index contributed by atoms with van der Waals surface area (Å²) in [5.74, 6) is -4.13. The molecule has 3 unspecified atom stereocenters. The molecule has 12 heteroatoms. The second-order valence-electron chi connectivity index (χ2n) is 13.0. The molecule has 2 aliphatic heterocycles. The molecule has 2 saturated heterocycles. The molecular weight excluding hydrogens is 615 g/mol. The minimum atomic E-state index is -5.08. The van der Waals surface area contributed by atoms with Crippen molar-refractivity contribution in [3.05, 3.63) is 70.8 Å². The van der Waals surface area contributed by atoms with E-state index in [1.54, 1.807) is 0 Å². The third-order valence-electron chi connectivity index (χ3n) is 9.71. The number of benzene rings is 2. The normalized spacial score (nSPS) is 21.3. The standard InChI is InChI=1S/C33H43N3O4.C2HF3O2/c1-22-10-9-11-23(2)29(22)32(38)36-20-26-18-35(19-27(26)21-36)17-16-28(24-12-5-3-6-13-24)34-31(37)30(33(39)40)25-14-7-4-8-15-25;3-2(4,5)1(6)7/h3,5-6,9-13,25-28,30H,4,7-8,14-21H2,1-2H3,(H,34,37)(H,39,40);(H,6,7)/t26-,27?,28?,30?;/m0./s1. The number of aliphatic carboxylic acids is 2. The first kappa shape index (κ1) is 35.9. The molecule has 3 aliphatic rings. The Labute approximate surface area is 273 Å². The Hall–Kier alpha value is -3.93. The second kappa shape index (κ2) is 15.8. The topological polar surface area (TPSA) is 127 Å². The first-order valence-corrected chi connectivity index (χ1v) is 16.2. The molecule has 3 fully saturated rings. The van der Waals surface area contributed by atoms with Gasteiger partial charge in [-0.15, -0.1) is 0 Å². The summed E-state index contributed by atoms with van der Waals surface area (Å²) in [5.41, 5.74) is 3.92. The molecule has 0 radical (unpaired) electrons. The lowest BCUT2D eigenvalue weighted by Gasteiger charge is -2.29. The number of likely N-dealkylation sites (tertiary alicyclic amines) is 2. The number of hydrogen-bond donors (Lipinski definition) is 3. The number of nitrogens with one attached hydrogen (secondary N) is 1. The van der Waals surface area contributed by atoms with Crippen molar-refractivity contribution >= 4 is 23.8 Å². The highest BCUT2D eigenvalue weighted by Gasteiger charge is 2.42. The number of fused-ring (bicyclic) bond motifs is 1. The highest BCUT2D eigenvalue weighted by molar-refractivity contribution is 5.98. The zero-order chi connectivity index (χ0) is 34.3. The quantitative estimate of drug-likeness (QED) is 0.305. The highest BCUT2D eigenvalue weighted by Crippen LogP contribution is 2.34. The molecule has 0 spiro atoms. The zero-order valence-electron chi connectivity index (χ0n) is 26.8. The number of nitrogens with zero attached hydrogens (tertiary/aromatic N) is 2. The van der Waals surface area contributed by atoms with Crippen molar-refractivity contribution in [3.63, 3.8) is 0 Å². The number of carboxylic acids is 2. The Bertz CT molecular complexity index is 1380. The van der Waals surface area contributed by atoms with Crippen LogP contribution in [0.4, 0.5) is 13.2 Å². The van der Waals surface area contributed by atoms with Crippen LogP contribution in [0, 0.1) is 37.5 Å². The van der Waals surface area contributed by atoms with Crippen molar-refractivity contribution in [1.29, 1.82) is 0 Å². The van der Waals surface area contributed by atoms with E-state index in [4.69, 9.17) is 9.90 Å². The Morgan fingerprint density at radius 3 is 1.91 bits per heavy atom. The molecule has 5 rings (SSSR count). The fourth-order valence-corrected chi connectivity index (χ4v) is 7.32. The number of amides is 2. The molecule has 47 heavy (non-hydrogen) atoms. The Morgan fingerprint density at radius 2 is 1.40 bits per heavy atom. The maximum absolute atomic E-state index is 13.3. The van der Waals surface area contributed by atoms with E-state index in [1.165, 1.54) is 0 Å². The van der Waals surface area contributed by atoms with Gasteiger partial charge < -0.3 is 25.3 Å². The Balaban J connectivity index is 0.000000644. The molecule has 0 bridgehead atoms. The van der Waals surface area contributed by atoms with Gasteiger partial charge in [0, 0.05) is 38.3 Å². The van der Waals surface area contributed by atoms with E-state index in [9.17, 15) is 32.7 Å². The van der Waals surface area contributed by atoms with Gasteiger partial charge in [-0.2, -0.15) is 13.2 Å². The summed E-state index contributed by atoms with van der Waals surface area (Å²) in [6.07, 6.45) is 0.354. The SMILES string of the molecule is Cc1cccc(C)c1C(=O)N1CC2CN(CCC(NC(=O)C(C(=O)O)C3CCCCC3)c3ccccc3)C[C@H]2C1.O=C(O)C(F)(F)F. The van der Waals surface area contributed by atoms with Gasteiger partial charge in [0.25, 0.3) is 5.91 Å². The predicted octanol–water partition coefficient (Wildman–Crippen LogP) is 5.47. The fraction of sp³-hybridized carbons (Fsp3) is 0.543. The summed E-state index contributed by atoms with van der Waals surface area (Å²) in [7, 11) is 0. The predicted molar refractivity (Wildman–Crippen MR) is 169 cm³/mol. The average molecular weight is 660 g/mol. The van der Waals surface area contributed by atoms with Crippen LogP contribution in [0.1, 0.15) is 71.6 Å². The number of aryl methyl sites for hydroxylation is 2. The van der Waals surface area contributed by atoms with Gasteiger partial charge in [0.2, 0.25) is 5.91 Å². The zero-order valence-corrected chi connectivity index (χ0v) is 26.8. The number of rotatable bonds is 9. The van der Waals surface area contributed by atoms with Crippen molar-refractivity contribution in [1.82, 2.24) is 15.1 Å². The van der Waals surface area contributed by atoms with E-state index in [-0.39, 0.29) is 23.8 Å². The number of alkyl halides is 3. The van der Waals surface area contributed by atoms with Gasteiger partial charge in [-0.25, -0.2) is 4.79 Å². The van der Waals surface area contributed by atoms with Crippen molar-refractivity contribution in [2.24, 2.45) is 23.7 Å². The lowest BCUT2D eigenvalue weighted by Crippen LogP contribution is -2.42. The molecule has 0 aromatic heterocycles. The van der Waals surface area contributed by atoms with Gasteiger partial charge in [0.1, 0.15) is 5.92 Å². The van der Waals surface area contributed by atoms with Gasteiger partial charge in [-0.05, 0) is 67.6 Å². The second-order valence-corrected chi connectivity index (χ2v) is 13.0. The lowest BCUT2D eigenvalue weighted by atomic mass is 9.79. The molecule has 4 atom stereocenters. The van der Waals surface area contributed by atoms with Crippen LogP contribution in [0.2, 0.25) is 0 Å². The van der Waals surface area contributed by atoms with E-state index < -0.39 is 24.0 Å². The van der Waals surface area contributed by atoms with Crippen LogP contribution >= 0.6 is 0 Å². The van der Waals surface area contributed by atoms with Crippen molar-refractivity contribution in [2.45, 2.75) is 64.6 Å². The Morgan fingerprint density at radius 1 is 0.851 bits per heavy atom. The molecule has 3 N–H and O–H groups in total. The molecule has 256 valence electrons. The Kier molecular flexibility index (Phi) is 12.1. The van der Waals surface area contributed by atoms with Gasteiger partial charge in [0.15, 0.2) is 0 Å². The van der Waals surface area contributed by atoms with Crippen LogP contribution in [0.25, 0.3) is 0 Å². The van der Waals surface area contributed by atoms with Crippen LogP contribution in [0.3, 0.4) is 0 Å². The lowest BCUT2D eigenvalue weighted by molar-refractivity contribution is -0.192. The van der Waals surface area contributed by atoms with Gasteiger partial charge in [0.05, 0.1) is 6.04 Å². The summed E-state index contributed by atoms with van der Waals surface area (Å²) < 4.78 is 31.7. The van der Waals surface area contributed by atoms with Crippen LogP contribution in [-0.4, -0.2) is 82.7 Å². The molecule has 2 amide bonds. The largest absolute Gasteiger partial charge is 0.490 e. The first-order valence-electron chi connectivity index (χ1n) is 16.2. The van der Waals surface area contributed by atoms with Crippen LogP contribution in [-0.2, 0) is 14.4 Å². The van der Waals surface area contributed by atoms with E-state index in [2.05, 4.69) is 10.2 Å². The summed E-state index contributed by atoms with van der Waals surface area (Å²) in [4.78, 5) is 52.2. The van der Waals surface area contributed by atoms with Crippen LogP contribution < -0.4 is 5.32 Å². The minimum absolute atomic E-state index is 0.0882. The van der Waals surface area contributed by atoms with Gasteiger partial charge in [-0.3, -0.25) is 14.4 Å². The third-order valence-corrected chi connectivity index (χ3v) is 9.71. The molecule has 2 aromatic carbocycles. The third kappa shape index (κ3) is 9.33. The molecule has 1 aliphatic carbocycles. The molecular formula is C35H44F3N3O6. The molecule has 2 aromatic rings. The number of carbonyl (C=O) groups is 4. The number of carboxylic acid groups (broad SMARTS) is 2. The number of hydrogen-bond acceptors (Lipinski definition) is 5. The van der Waals surface area contributed by atoms with Crippen LogP contribution in [0.15, 0.2) is 48.5 Å². The van der Waals surface area contributed by atoms with Crippen molar-refractivity contribution in [3.8, 4) is 0 Å². The maximum Gasteiger partial charge on any atom is 0.490 e. The van der Waals surface area contributed by atoms with Crippen molar-refractivity contribution in [2.75, 3.05) is 32.7 Å². The molecule has 9 nitrogen and oxygen atoms in total. The summed E-state index contributed by atoms with van der Waals surface area (Å²) in [6, 6.07) is 15.7. The first-order chi connectivity index (χ1) is 22.3.